The third-order valence-corrected chi connectivity index (χ3v) is 9.71. The number of aromatic nitrogens is 1. The number of nitrogens with zero attached hydrogens (tertiary/aromatic N) is 1. The van der Waals surface area contributed by atoms with E-state index in [4.69, 9.17) is 4.98 Å². The van der Waals surface area contributed by atoms with Gasteiger partial charge < -0.3 is 5.32 Å². The first-order chi connectivity index (χ1) is 16.1. The summed E-state index contributed by atoms with van der Waals surface area (Å²) in [6, 6.07) is 8.11. The number of pyridine rings is 1. The van der Waals surface area contributed by atoms with E-state index in [2.05, 4.69) is 51.2 Å². The van der Waals surface area contributed by atoms with Crippen LogP contribution in [0.2, 0.25) is 0 Å². The molecule has 186 valence electrons. The van der Waals surface area contributed by atoms with Gasteiger partial charge in [0.1, 0.15) is 0 Å². The fourth-order valence-corrected chi connectivity index (χ4v) is 7.77. The van der Waals surface area contributed by atoms with Crippen LogP contribution in [0.25, 0.3) is 0 Å². The molecule has 3 saturated carbocycles. The molecule has 0 amide bonds. The molecule has 0 aliphatic heterocycles. The van der Waals surface area contributed by atoms with Crippen LogP contribution in [0.3, 0.4) is 0 Å². The number of rotatable bonds is 8. The first kappa shape index (κ1) is 25.2. The highest BCUT2D eigenvalue weighted by molar-refractivity contribution is 5.19. The van der Waals surface area contributed by atoms with E-state index in [1.807, 2.05) is 0 Å². The Labute approximate surface area is 205 Å². The third-order valence-electron chi connectivity index (χ3n) is 9.71. The van der Waals surface area contributed by atoms with Crippen molar-refractivity contribution in [3.8, 4) is 0 Å². The molecule has 2 nitrogen and oxygen atoms in total. The molecule has 0 radical (unpaired) electrons. The molecule has 0 bridgehead atoms. The van der Waals surface area contributed by atoms with E-state index >= 15 is 0 Å². The van der Waals surface area contributed by atoms with E-state index in [-0.39, 0.29) is 0 Å². The second kappa shape index (κ2) is 12.2. The lowest BCUT2D eigenvalue weighted by Gasteiger charge is -2.45. The molecule has 3 aliphatic carbocycles. The van der Waals surface area contributed by atoms with E-state index in [9.17, 15) is 0 Å². The van der Waals surface area contributed by atoms with Gasteiger partial charge in [0.2, 0.25) is 0 Å². The second-order valence-electron chi connectivity index (χ2n) is 12.3. The standard InChI is InChI=1S/C31H52N2/c1-5-13-25-17-11-19-26(22(2)3)30(25)33-31(27-18-10-9-14-23(27)4)29-21-12-20-28(32-29)24-15-7-6-8-16-24/h12,20-27,30-31,33H,5-11,13-19H2,1-4H3. The summed E-state index contributed by atoms with van der Waals surface area (Å²) in [4.78, 5) is 5.45. The normalized spacial score (nSPS) is 32.7. The van der Waals surface area contributed by atoms with Crippen LogP contribution in [0.4, 0.5) is 0 Å². The van der Waals surface area contributed by atoms with Crippen molar-refractivity contribution < 1.29 is 0 Å². The molecule has 0 saturated heterocycles. The van der Waals surface area contributed by atoms with Gasteiger partial charge in [-0.2, -0.15) is 0 Å². The Morgan fingerprint density at radius 3 is 2.33 bits per heavy atom. The van der Waals surface area contributed by atoms with E-state index in [0.717, 1.165) is 29.6 Å². The molecule has 0 aromatic carbocycles. The maximum absolute atomic E-state index is 5.45. The lowest BCUT2D eigenvalue weighted by molar-refractivity contribution is 0.0955. The summed E-state index contributed by atoms with van der Waals surface area (Å²) in [5, 5.41) is 4.41. The molecule has 1 aromatic heterocycles. The van der Waals surface area contributed by atoms with Crippen molar-refractivity contribution in [2.45, 2.75) is 136 Å². The summed E-state index contributed by atoms with van der Waals surface area (Å²) in [6.45, 7) is 9.83. The van der Waals surface area contributed by atoms with Crippen molar-refractivity contribution in [2.24, 2.45) is 29.6 Å². The summed E-state index contributed by atoms with van der Waals surface area (Å²) >= 11 is 0. The Morgan fingerprint density at radius 1 is 0.879 bits per heavy atom. The van der Waals surface area contributed by atoms with Gasteiger partial charge in [-0.05, 0) is 80.2 Å². The minimum atomic E-state index is 0.424. The Kier molecular flexibility index (Phi) is 9.31. The highest BCUT2D eigenvalue weighted by atomic mass is 15.0. The molecule has 3 fully saturated rings. The summed E-state index contributed by atoms with van der Waals surface area (Å²) < 4.78 is 0. The van der Waals surface area contributed by atoms with Gasteiger partial charge in [-0.15, -0.1) is 0 Å². The molecular formula is C31H52N2. The van der Waals surface area contributed by atoms with Gasteiger partial charge in [0.25, 0.3) is 0 Å². The average molecular weight is 453 g/mol. The molecule has 0 spiro atoms. The Morgan fingerprint density at radius 2 is 1.61 bits per heavy atom. The molecular weight excluding hydrogens is 400 g/mol. The van der Waals surface area contributed by atoms with Crippen LogP contribution in [-0.2, 0) is 0 Å². The fourth-order valence-electron chi connectivity index (χ4n) is 7.77. The number of hydrogen-bond donors (Lipinski definition) is 1. The SMILES string of the molecule is CCCC1CCCC(C(C)C)C1NC(c1cccc(C2CCCCC2)n1)C1CCCCC1C. The second-order valence-corrected chi connectivity index (χ2v) is 12.3. The Hall–Kier alpha value is -0.890. The molecule has 1 heterocycles. The molecule has 33 heavy (non-hydrogen) atoms. The lowest BCUT2D eigenvalue weighted by atomic mass is 9.69. The minimum Gasteiger partial charge on any atom is -0.305 e. The topological polar surface area (TPSA) is 24.9 Å². The van der Waals surface area contributed by atoms with Gasteiger partial charge in [0, 0.05) is 17.7 Å². The van der Waals surface area contributed by atoms with Crippen LogP contribution < -0.4 is 5.32 Å². The van der Waals surface area contributed by atoms with Crippen LogP contribution in [0.1, 0.15) is 141 Å². The maximum atomic E-state index is 5.45. The van der Waals surface area contributed by atoms with Crippen molar-refractivity contribution in [1.82, 2.24) is 10.3 Å². The molecule has 3 aliphatic rings. The van der Waals surface area contributed by atoms with Crippen molar-refractivity contribution in [3.63, 3.8) is 0 Å². The Balaban J connectivity index is 1.64. The van der Waals surface area contributed by atoms with E-state index in [1.54, 1.807) is 0 Å². The number of hydrogen-bond acceptors (Lipinski definition) is 2. The van der Waals surface area contributed by atoms with Gasteiger partial charge in [0.05, 0.1) is 11.7 Å². The third kappa shape index (κ3) is 6.22. The van der Waals surface area contributed by atoms with Crippen molar-refractivity contribution in [2.75, 3.05) is 0 Å². The molecule has 6 unspecified atom stereocenters. The summed E-state index contributed by atoms with van der Waals surface area (Å²) in [6.07, 6.45) is 19.4. The van der Waals surface area contributed by atoms with Gasteiger partial charge in [-0.1, -0.05) is 85.1 Å². The zero-order valence-electron chi connectivity index (χ0n) is 22.2. The zero-order chi connectivity index (χ0) is 23.2. The molecule has 2 heteroatoms. The van der Waals surface area contributed by atoms with Gasteiger partial charge in [-0.3, -0.25) is 4.98 Å². The van der Waals surface area contributed by atoms with Crippen molar-refractivity contribution in [3.05, 3.63) is 29.6 Å². The monoisotopic (exact) mass is 452 g/mol. The molecule has 4 rings (SSSR count). The highest BCUT2D eigenvalue weighted by Gasteiger charge is 2.39. The van der Waals surface area contributed by atoms with Crippen molar-refractivity contribution in [1.29, 1.82) is 0 Å². The zero-order valence-corrected chi connectivity index (χ0v) is 22.2. The maximum Gasteiger partial charge on any atom is 0.0579 e. The first-order valence-electron chi connectivity index (χ1n) is 14.8. The van der Waals surface area contributed by atoms with Crippen LogP contribution in [0, 0.1) is 29.6 Å². The van der Waals surface area contributed by atoms with Crippen LogP contribution in [0.5, 0.6) is 0 Å². The molecule has 6 atom stereocenters. The summed E-state index contributed by atoms with van der Waals surface area (Å²) in [5.41, 5.74) is 2.75. The molecule has 1 aromatic rings. The lowest BCUT2D eigenvalue weighted by Crippen LogP contribution is -2.50. The van der Waals surface area contributed by atoms with Crippen LogP contribution in [-0.4, -0.2) is 11.0 Å². The average Bonchev–Trinajstić information content (AvgIpc) is 2.84. The summed E-state index contributed by atoms with van der Waals surface area (Å²) in [5.74, 6) is 4.60. The predicted molar refractivity (Wildman–Crippen MR) is 141 cm³/mol. The van der Waals surface area contributed by atoms with Crippen molar-refractivity contribution >= 4 is 0 Å². The minimum absolute atomic E-state index is 0.424. The van der Waals surface area contributed by atoms with E-state index in [1.165, 1.54) is 101 Å². The van der Waals surface area contributed by atoms with E-state index < -0.39 is 0 Å². The quantitative estimate of drug-likeness (QED) is 0.426. The van der Waals surface area contributed by atoms with E-state index in [0.29, 0.717) is 18.0 Å². The smallest absolute Gasteiger partial charge is 0.0579 e. The molecule has 1 N–H and O–H groups in total. The van der Waals surface area contributed by atoms with Gasteiger partial charge in [-0.25, -0.2) is 0 Å². The largest absolute Gasteiger partial charge is 0.305 e. The fraction of sp³-hybridized carbons (Fsp3) is 0.839. The van der Waals surface area contributed by atoms with Crippen LogP contribution in [0.15, 0.2) is 18.2 Å². The predicted octanol–water partition coefficient (Wildman–Crippen LogP) is 8.83. The Bertz CT molecular complexity index is 705. The number of nitrogens with one attached hydrogen (secondary N) is 1. The van der Waals surface area contributed by atoms with Gasteiger partial charge in [0.15, 0.2) is 0 Å². The first-order valence-corrected chi connectivity index (χ1v) is 14.8. The summed E-state index contributed by atoms with van der Waals surface area (Å²) in [7, 11) is 0. The van der Waals surface area contributed by atoms with Crippen LogP contribution >= 0.6 is 0 Å². The van der Waals surface area contributed by atoms with Gasteiger partial charge >= 0.3 is 0 Å². The highest BCUT2D eigenvalue weighted by Crippen LogP contribution is 2.43.